The van der Waals surface area contributed by atoms with Gasteiger partial charge in [-0.1, -0.05) is 17.7 Å². The van der Waals surface area contributed by atoms with Gasteiger partial charge in [0.15, 0.2) is 0 Å². The van der Waals surface area contributed by atoms with Crippen LogP contribution in [-0.2, 0) is 28.6 Å². The summed E-state index contributed by atoms with van der Waals surface area (Å²) in [6.07, 6.45) is 4.25. The zero-order valence-electron chi connectivity index (χ0n) is 19.0. The van der Waals surface area contributed by atoms with E-state index in [-0.39, 0.29) is 30.8 Å². The summed E-state index contributed by atoms with van der Waals surface area (Å²) in [5.41, 5.74) is 3.32. The number of nitrogens with one attached hydrogen (secondary N) is 2. The lowest BCUT2D eigenvalue weighted by Gasteiger charge is -2.22. The highest BCUT2D eigenvalue weighted by Gasteiger charge is 2.40. The van der Waals surface area contributed by atoms with Crippen LogP contribution in [0, 0.1) is 17.7 Å². The lowest BCUT2D eigenvalue weighted by Crippen LogP contribution is -2.38. The molecule has 35 heavy (non-hydrogen) atoms. The third kappa shape index (κ3) is 5.94. The largest absolute Gasteiger partial charge is 0.493 e. The number of amides is 1. The van der Waals surface area contributed by atoms with E-state index in [4.69, 9.17) is 16.3 Å². The van der Waals surface area contributed by atoms with E-state index in [0.717, 1.165) is 35.6 Å². The minimum atomic E-state index is -1.27. The summed E-state index contributed by atoms with van der Waals surface area (Å²) in [7, 11) is -1.27. The second kappa shape index (κ2) is 10.8. The van der Waals surface area contributed by atoms with E-state index in [9.17, 15) is 13.4 Å². The van der Waals surface area contributed by atoms with Crippen molar-refractivity contribution >= 4 is 45.5 Å². The summed E-state index contributed by atoms with van der Waals surface area (Å²) >= 11 is 7.37. The van der Waals surface area contributed by atoms with Gasteiger partial charge in [0.2, 0.25) is 5.91 Å². The maximum atomic E-state index is 13.0. The quantitative estimate of drug-likeness (QED) is 0.388. The average Bonchev–Trinajstić information content (AvgIpc) is 3.38. The van der Waals surface area contributed by atoms with Crippen molar-refractivity contribution in [1.82, 2.24) is 4.72 Å². The Kier molecular flexibility index (Phi) is 7.53. The number of hydrogen-bond acceptors (Lipinski definition) is 4. The molecule has 0 spiro atoms. The highest BCUT2D eigenvalue weighted by molar-refractivity contribution is 7.85. The third-order valence-corrected chi connectivity index (χ3v) is 9.48. The molecule has 0 aliphatic heterocycles. The van der Waals surface area contributed by atoms with E-state index in [2.05, 4.69) is 22.2 Å². The van der Waals surface area contributed by atoms with Gasteiger partial charge in [0.1, 0.15) is 26.8 Å². The van der Waals surface area contributed by atoms with Crippen molar-refractivity contribution in [3.8, 4) is 5.75 Å². The van der Waals surface area contributed by atoms with E-state index in [1.54, 1.807) is 18.2 Å². The molecule has 1 saturated carbocycles. The van der Waals surface area contributed by atoms with Crippen LogP contribution in [0.15, 0.2) is 58.8 Å². The van der Waals surface area contributed by atoms with E-state index in [0.29, 0.717) is 21.9 Å². The number of ether oxygens (including phenoxy) is 1. The zero-order chi connectivity index (χ0) is 24.4. The van der Waals surface area contributed by atoms with Crippen molar-refractivity contribution in [3.63, 3.8) is 0 Å². The molecule has 2 N–H and O–H groups in total. The molecular weight excluding hydrogens is 507 g/mol. The monoisotopic (exact) mass is 532 g/mol. The number of thiophene rings is 1. The van der Waals surface area contributed by atoms with Gasteiger partial charge in [0, 0.05) is 11.7 Å². The number of benzene rings is 2. The lowest BCUT2D eigenvalue weighted by molar-refractivity contribution is -0.116. The molecular formula is C26H26ClFN2O3S2. The Hall–Kier alpha value is -2.26. The molecule has 1 heterocycles. The van der Waals surface area contributed by atoms with Crippen LogP contribution in [0.4, 0.5) is 10.1 Å². The van der Waals surface area contributed by atoms with Crippen LogP contribution in [-0.4, -0.2) is 22.8 Å². The summed E-state index contributed by atoms with van der Waals surface area (Å²) in [6, 6.07) is 15.7. The number of hydrogen-bond donors (Lipinski definition) is 2. The number of rotatable bonds is 8. The van der Waals surface area contributed by atoms with Gasteiger partial charge in [-0.3, -0.25) is 4.79 Å². The fraction of sp³-hybridized carbons (Fsp3) is 0.346. The molecule has 5 rings (SSSR count). The highest BCUT2D eigenvalue weighted by atomic mass is 35.5. The van der Waals surface area contributed by atoms with Crippen LogP contribution in [0.2, 0.25) is 4.34 Å². The van der Waals surface area contributed by atoms with Gasteiger partial charge >= 0.3 is 0 Å². The summed E-state index contributed by atoms with van der Waals surface area (Å²) in [6.45, 7) is 0.214. The van der Waals surface area contributed by atoms with Crippen molar-refractivity contribution in [3.05, 3.63) is 75.9 Å². The Morgan fingerprint density at radius 1 is 1.06 bits per heavy atom. The minimum absolute atomic E-state index is 0.133. The second-order valence-electron chi connectivity index (χ2n) is 9.06. The van der Waals surface area contributed by atoms with Crippen LogP contribution < -0.4 is 14.8 Å². The summed E-state index contributed by atoms with van der Waals surface area (Å²) in [4.78, 5) is 12.4. The van der Waals surface area contributed by atoms with Gasteiger partial charge in [-0.2, -0.15) is 0 Å². The molecule has 2 aromatic carbocycles. The van der Waals surface area contributed by atoms with Crippen LogP contribution in [0.3, 0.4) is 0 Å². The van der Waals surface area contributed by atoms with E-state index in [1.807, 2.05) is 12.1 Å². The maximum Gasteiger partial charge on any atom is 0.227 e. The molecule has 2 bridgehead atoms. The van der Waals surface area contributed by atoms with Gasteiger partial charge in [-0.05, 0) is 97.2 Å². The molecule has 4 unspecified atom stereocenters. The Bertz CT molecular complexity index is 1230. The Morgan fingerprint density at radius 3 is 2.51 bits per heavy atom. The van der Waals surface area contributed by atoms with E-state index < -0.39 is 11.0 Å². The van der Waals surface area contributed by atoms with Crippen molar-refractivity contribution in [2.45, 2.75) is 42.4 Å². The molecule has 2 aliphatic rings. The van der Waals surface area contributed by atoms with Crippen LogP contribution in [0.25, 0.3) is 0 Å². The van der Waals surface area contributed by atoms with Gasteiger partial charge in [-0.15, -0.1) is 11.3 Å². The van der Waals surface area contributed by atoms with Crippen LogP contribution >= 0.6 is 22.9 Å². The van der Waals surface area contributed by atoms with Gasteiger partial charge < -0.3 is 10.1 Å². The lowest BCUT2D eigenvalue weighted by atomic mass is 9.93. The van der Waals surface area contributed by atoms with Gasteiger partial charge in [-0.25, -0.2) is 13.3 Å². The summed E-state index contributed by atoms with van der Waals surface area (Å²) < 4.78 is 36.2. The normalized spacial score (nSPS) is 21.7. The molecule has 0 radical (unpaired) electrons. The Labute approximate surface area is 215 Å². The maximum absolute atomic E-state index is 13.0. The first-order valence-electron chi connectivity index (χ1n) is 11.7. The molecule has 3 aromatic rings. The van der Waals surface area contributed by atoms with E-state index in [1.165, 1.54) is 34.6 Å². The number of carbonyl (C=O) groups is 1. The first-order chi connectivity index (χ1) is 16.9. The number of carbonyl (C=O) groups excluding carboxylic acids is 1. The SMILES string of the molecule is O=C(CCOc1ccc(F)cc1)Nc1ccc2c(c1)CC1CCC(C2)C1NS(=O)c1ccc(Cl)s1. The average molecular weight is 533 g/mol. The highest BCUT2D eigenvalue weighted by Crippen LogP contribution is 2.41. The predicted molar refractivity (Wildman–Crippen MR) is 138 cm³/mol. The topological polar surface area (TPSA) is 67.4 Å². The molecule has 1 fully saturated rings. The van der Waals surface area contributed by atoms with Crippen LogP contribution in [0.1, 0.15) is 30.4 Å². The molecule has 2 aliphatic carbocycles. The van der Waals surface area contributed by atoms with E-state index >= 15 is 0 Å². The fourth-order valence-electron chi connectivity index (χ4n) is 5.08. The molecule has 184 valence electrons. The van der Waals surface area contributed by atoms with Crippen molar-refractivity contribution in [2.75, 3.05) is 11.9 Å². The Balaban J connectivity index is 1.18. The standard InChI is InChI=1S/C26H26ClFN2O3S2/c27-23-9-10-25(34-23)35(32)30-26-17-1-2-18(26)14-19-15-21(6-3-16(19)13-17)29-24(31)11-12-33-22-7-4-20(28)5-8-22/h3-10,15,17-18,26,30H,1-2,11-14H2,(H,29,31). The van der Waals surface area contributed by atoms with Crippen LogP contribution in [0.5, 0.6) is 5.75 Å². The number of anilines is 1. The molecule has 0 saturated heterocycles. The molecule has 1 aromatic heterocycles. The zero-order valence-corrected chi connectivity index (χ0v) is 21.4. The van der Waals surface area contributed by atoms with Gasteiger partial charge in [0.25, 0.3) is 0 Å². The fourth-order valence-corrected chi connectivity index (χ4v) is 7.65. The molecule has 5 nitrogen and oxygen atoms in total. The number of halogens is 2. The third-order valence-electron chi connectivity index (χ3n) is 6.76. The molecule has 4 atom stereocenters. The Morgan fingerprint density at radius 2 is 1.80 bits per heavy atom. The van der Waals surface area contributed by atoms with Crippen molar-refractivity contribution < 1.29 is 18.1 Å². The molecule has 9 heteroatoms. The number of fused-ring (bicyclic) bond motifs is 3. The smallest absolute Gasteiger partial charge is 0.227 e. The van der Waals surface area contributed by atoms with Crippen molar-refractivity contribution in [1.29, 1.82) is 0 Å². The summed E-state index contributed by atoms with van der Waals surface area (Å²) in [5, 5.41) is 2.96. The minimum Gasteiger partial charge on any atom is -0.493 e. The molecule has 1 amide bonds. The summed E-state index contributed by atoms with van der Waals surface area (Å²) in [5.74, 6) is 0.909. The van der Waals surface area contributed by atoms with Crippen molar-refractivity contribution in [2.24, 2.45) is 11.8 Å². The second-order valence-corrected chi connectivity index (χ2v) is 12.2. The van der Waals surface area contributed by atoms with Gasteiger partial charge in [0.05, 0.1) is 17.4 Å². The predicted octanol–water partition coefficient (Wildman–Crippen LogP) is 5.75. The first-order valence-corrected chi connectivity index (χ1v) is 14.0. The first kappa shape index (κ1) is 24.4.